The number of barbiturate groups is 1. The van der Waals surface area contributed by atoms with Gasteiger partial charge in [-0.2, -0.15) is 0 Å². The minimum atomic E-state index is -0.808. The van der Waals surface area contributed by atoms with Crippen molar-refractivity contribution < 1.29 is 19.1 Å². The molecule has 172 valence electrons. The summed E-state index contributed by atoms with van der Waals surface area (Å²) in [4.78, 5) is 39.2. The molecule has 3 aromatic rings. The normalized spacial score (nSPS) is 15.0. The van der Waals surface area contributed by atoms with Crippen LogP contribution in [0.2, 0.25) is 10.0 Å². The summed E-state index contributed by atoms with van der Waals surface area (Å²) in [5.41, 5.74) is 2.38. The van der Waals surface area contributed by atoms with Gasteiger partial charge in [0.2, 0.25) is 0 Å². The molecule has 4 amide bonds. The van der Waals surface area contributed by atoms with Crippen LogP contribution < -0.4 is 15.0 Å². The molecule has 1 fully saturated rings. The van der Waals surface area contributed by atoms with Gasteiger partial charge in [0.1, 0.15) is 17.9 Å². The highest BCUT2D eigenvalue weighted by atomic mass is 35.5. The Hall–Kier alpha value is -3.61. The quantitative estimate of drug-likeness (QED) is 0.347. The molecule has 0 aliphatic carbocycles. The largest absolute Gasteiger partial charge is 0.488 e. The van der Waals surface area contributed by atoms with Crippen LogP contribution in [0.5, 0.6) is 5.75 Å². The monoisotopic (exact) mass is 494 g/mol. The van der Waals surface area contributed by atoms with Gasteiger partial charge in [0.25, 0.3) is 11.8 Å². The average molecular weight is 495 g/mol. The lowest BCUT2D eigenvalue weighted by Gasteiger charge is -2.26. The van der Waals surface area contributed by atoms with E-state index in [0.717, 1.165) is 22.4 Å². The number of benzene rings is 3. The molecule has 0 aromatic heterocycles. The van der Waals surface area contributed by atoms with E-state index in [2.05, 4.69) is 5.32 Å². The fourth-order valence-electron chi connectivity index (χ4n) is 3.46. The van der Waals surface area contributed by atoms with Gasteiger partial charge in [-0.15, -0.1) is 0 Å². The van der Waals surface area contributed by atoms with E-state index in [1.54, 1.807) is 36.4 Å². The molecule has 0 radical (unpaired) electrons. The fraction of sp³-hybridized carbons (Fsp3) is 0.115. The summed E-state index contributed by atoms with van der Waals surface area (Å²) >= 11 is 12.4. The predicted molar refractivity (Wildman–Crippen MR) is 132 cm³/mol. The lowest BCUT2D eigenvalue weighted by molar-refractivity contribution is -0.122. The summed E-state index contributed by atoms with van der Waals surface area (Å²) in [5, 5.41) is 3.17. The SMILES string of the molecule is CCc1ccc(N2C(=O)NC(=O)/C(=C\c3cc(Cl)ccc3OCc3ccccc3Cl)C2=O)cc1. The first-order chi connectivity index (χ1) is 16.4. The number of halogens is 2. The van der Waals surface area contributed by atoms with Crippen molar-refractivity contribution in [3.63, 3.8) is 0 Å². The zero-order valence-electron chi connectivity index (χ0n) is 18.2. The molecular formula is C26H20Cl2N2O4. The van der Waals surface area contributed by atoms with Crippen LogP contribution in [0.15, 0.2) is 72.3 Å². The van der Waals surface area contributed by atoms with Crippen LogP contribution in [0, 0.1) is 0 Å². The van der Waals surface area contributed by atoms with Gasteiger partial charge in [-0.3, -0.25) is 14.9 Å². The van der Waals surface area contributed by atoms with Gasteiger partial charge < -0.3 is 4.74 Å². The number of anilines is 1. The molecule has 3 aromatic carbocycles. The zero-order chi connectivity index (χ0) is 24.2. The minimum absolute atomic E-state index is 0.173. The van der Waals surface area contributed by atoms with Crippen LogP contribution in [0.1, 0.15) is 23.6 Å². The highest BCUT2D eigenvalue weighted by Crippen LogP contribution is 2.29. The van der Waals surface area contributed by atoms with Gasteiger partial charge in [0.05, 0.1) is 5.69 Å². The number of carbonyl (C=O) groups excluding carboxylic acids is 3. The van der Waals surface area contributed by atoms with Crippen molar-refractivity contribution >= 4 is 52.8 Å². The van der Waals surface area contributed by atoms with E-state index in [1.165, 1.54) is 6.08 Å². The topological polar surface area (TPSA) is 75.7 Å². The van der Waals surface area contributed by atoms with Crippen molar-refractivity contribution in [3.05, 3.63) is 99.0 Å². The summed E-state index contributed by atoms with van der Waals surface area (Å²) in [6.45, 7) is 2.18. The Kier molecular flexibility index (Phi) is 7.01. The fourth-order valence-corrected chi connectivity index (χ4v) is 3.83. The van der Waals surface area contributed by atoms with E-state index in [1.807, 2.05) is 37.3 Å². The third-order valence-electron chi connectivity index (χ3n) is 5.32. The van der Waals surface area contributed by atoms with Gasteiger partial charge in [-0.05, 0) is 54.5 Å². The number of rotatable bonds is 6. The van der Waals surface area contributed by atoms with Gasteiger partial charge in [0, 0.05) is 21.2 Å². The Bertz CT molecular complexity index is 1300. The Morgan fingerprint density at radius 1 is 0.971 bits per heavy atom. The summed E-state index contributed by atoms with van der Waals surface area (Å²) in [6.07, 6.45) is 2.18. The molecule has 0 unspecified atom stereocenters. The van der Waals surface area contributed by atoms with Crippen LogP contribution in [-0.2, 0) is 22.6 Å². The molecule has 1 saturated heterocycles. The second kappa shape index (κ2) is 10.1. The summed E-state index contributed by atoms with van der Waals surface area (Å²) < 4.78 is 5.92. The highest BCUT2D eigenvalue weighted by molar-refractivity contribution is 6.39. The first-order valence-corrected chi connectivity index (χ1v) is 11.3. The zero-order valence-corrected chi connectivity index (χ0v) is 19.7. The van der Waals surface area contributed by atoms with Crippen LogP contribution in [0.25, 0.3) is 6.08 Å². The van der Waals surface area contributed by atoms with Crippen molar-refractivity contribution in [1.82, 2.24) is 5.32 Å². The first kappa shape index (κ1) is 23.5. The summed E-state index contributed by atoms with van der Waals surface area (Å²) in [5.74, 6) is -1.14. The van der Waals surface area contributed by atoms with Crippen LogP contribution >= 0.6 is 23.2 Å². The first-order valence-electron chi connectivity index (χ1n) is 10.5. The minimum Gasteiger partial charge on any atom is -0.488 e. The standard InChI is InChI=1S/C26H20Cl2N2O4/c1-2-16-7-10-20(11-8-16)30-25(32)21(24(31)29-26(30)33)14-18-13-19(27)9-12-23(18)34-15-17-5-3-4-6-22(17)28/h3-14H,2,15H2,1H3,(H,29,31,33)/b21-14+. The summed E-state index contributed by atoms with van der Waals surface area (Å²) in [7, 11) is 0. The Morgan fingerprint density at radius 3 is 2.41 bits per heavy atom. The second-order valence-corrected chi connectivity index (χ2v) is 8.38. The van der Waals surface area contributed by atoms with E-state index >= 15 is 0 Å². The Balaban J connectivity index is 1.67. The van der Waals surface area contributed by atoms with Crippen molar-refractivity contribution in [3.8, 4) is 5.75 Å². The number of urea groups is 1. The van der Waals surface area contributed by atoms with Crippen molar-refractivity contribution in [1.29, 1.82) is 0 Å². The van der Waals surface area contributed by atoms with E-state index in [9.17, 15) is 14.4 Å². The molecule has 34 heavy (non-hydrogen) atoms. The van der Waals surface area contributed by atoms with Crippen molar-refractivity contribution in [2.45, 2.75) is 20.0 Å². The molecule has 4 rings (SSSR count). The number of nitrogens with zero attached hydrogens (tertiary/aromatic N) is 1. The molecule has 1 aliphatic heterocycles. The predicted octanol–water partition coefficient (Wildman–Crippen LogP) is 5.80. The third-order valence-corrected chi connectivity index (χ3v) is 5.92. The molecule has 0 saturated carbocycles. The maximum Gasteiger partial charge on any atom is 0.335 e. The van der Waals surface area contributed by atoms with E-state index < -0.39 is 17.8 Å². The molecule has 0 bridgehead atoms. The number of amides is 4. The number of hydrogen-bond acceptors (Lipinski definition) is 4. The molecule has 8 heteroatoms. The number of aryl methyl sites for hydroxylation is 1. The lowest BCUT2D eigenvalue weighted by Crippen LogP contribution is -2.54. The number of nitrogens with one attached hydrogen (secondary N) is 1. The molecule has 1 heterocycles. The maximum atomic E-state index is 13.2. The van der Waals surface area contributed by atoms with Crippen molar-refractivity contribution in [2.24, 2.45) is 0 Å². The molecule has 0 spiro atoms. The average Bonchev–Trinajstić information content (AvgIpc) is 2.82. The summed E-state index contributed by atoms with van der Waals surface area (Å²) in [6, 6.07) is 18.3. The van der Waals surface area contributed by atoms with E-state index in [0.29, 0.717) is 27.0 Å². The Labute approximate surface area is 206 Å². The molecule has 1 aliphatic rings. The number of carbonyl (C=O) groups is 3. The smallest absolute Gasteiger partial charge is 0.335 e. The van der Waals surface area contributed by atoms with Gasteiger partial charge in [-0.25, -0.2) is 9.69 Å². The van der Waals surface area contributed by atoms with Gasteiger partial charge in [-0.1, -0.05) is 60.5 Å². The second-order valence-electron chi connectivity index (χ2n) is 7.54. The lowest BCUT2D eigenvalue weighted by atomic mass is 10.1. The van der Waals surface area contributed by atoms with Gasteiger partial charge >= 0.3 is 6.03 Å². The van der Waals surface area contributed by atoms with Crippen LogP contribution in [0.3, 0.4) is 0 Å². The van der Waals surface area contributed by atoms with Crippen LogP contribution in [0.4, 0.5) is 10.5 Å². The molecular weight excluding hydrogens is 475 g/mol. The number of imide groups is 2. The van der Waals surface area contributed by atoms with E-state index in [4.69, 9.17) is 27.9 Å². The molecule has 0 atom stereocenters. The van der Waals surface area contributed by atoms with Gasteiger partial charge in [0.15, 0.2) is 0 Å². The third kappa shape index (κ3) is 4.98. The number of ether oxygens (including phenoxy) is 1. The molecule has 1 N–H and O–H groups in total. The molecule has 6 nitrogen and oxygen atoms in total. The Morgan fingerprint density at radius 2 is 1.71 bits per heavy atom. The number of hydrogen-bond donors (Lipinski definition) is 1. The maximum absolute atomic E-state index is 13.2. The van der Waals surface area contributed by atoms with Crippen LogP contribution in [-0.4, -0.2) is 17.8 Å². The van der Waals surface area contributed by atoms with E-state index in [-0.39, 0.29) is 12.2 Å². The highest BCUT2D eigenvalue weighted by Gasteiger charge is 2.37. The van der Waals surface area contributed by atoms with Crippen molar-refractivity contribution in [2.75, 3.05) is 4.90 Å².